The van der Waals surface area contributed by atoms with Gasteiger partial charge in [-0.05, 0) is 11.1 Å². The van der Waals surface area contributed by atoms with Gasteiger partial charge in [0, 0.05) is 19.7 Å². The fourth-order valence-electron chi connectivity index (χ4n) is 1.60. The van der Waals surface area contributed by atoms with E-state index in [9.17, 15) is 4.79 Å². The Kier molecular flexibility index (Phi) is 4.15. The number of aryl methyl sites for hydroxylation is 1. The summed E-state index contributed by atoms with van der Waals surface area (Å²) in [6, 6.07) is 8.84. The number of amides is 2. The lowest BCUT2D eigenvalue weighted by atomic mass is 10.1. The molecule has 1 aromatic heterocycles. The van der Waals surface area contributed by atoms with E-state index in [2.05, 4.69) is 15.7 Å². The van der Waals surface area contributed by atoms with E-state index in [4.69, 9.17) is 5.11 Å². The molecule has 6 nitrogen and oxygen atoms in total. The van der Waals surface area contributed by atoms with E-state index < -0.39 is 0 Å². The van der Waals surface area contributed by atoms with Crippen LogP contribution in [0, 0.1) is 0 Å². The van der Waals surface area contributed by atoms with Crippen LogP contribution >= 0.6 is 0 Å². The Morgan fingerprint density at radius 1 is 1.26 bits per heavy atom. The van der Waals surface area contributed by atoms with Crippen LogP contribution in [0.2, 0.25) is 0 Å². The molecule has 0 aliphatic heterocycles. The van der Waals surface area contributed by atoms with Gasteiger partial charge in [-0.15, -0.1) is 0 Å². The molecule has 2 rings (SSSR count). The van der Waals surface area contributed by atoms with Gasteiger partial charge in [-0.1, -0.05) is 24.3 Å². The number of hydrogen-bond acceptors (Lipinski definition) is 3. The molecule has 1 heterocycles. The average Bonchev–Trinajstić information content (AvgIpc) is 2.82. The molecule has 19 heavy (non-hydrogen) atoms. The number of aromatic nitrogens is 2. The number of aliphatic hydroxyl groups is 1. The third-order valence-corrected chi connectivity index (χ3v) is 2.72. The Hall–Kier alpha value is -2.34. The van der Waals surface area contributed by atoms with Gasteiger partial charge in [-0.3, -0.25) is 10.00 Å². The van der Waals surface area contributed by atoms with Gasteiger partial charge < -0.3 is 10.4 Å². The molecule has 1 aromatic carbocycles. The molecule has 0 spiro atoms. The van der Waals surface area contributed by atoms with E-state index in [0.717, 1.165) is 11.1 Å². The first-order valence-electron chi connectivity index (χ1n) is 5.90. The highest BCUT2D eigenvalue weighted by Gasteiger charge is 2.04. The second-order valence-electron chi connectivity index (χ2n) is 4.12. The van der Waals surface area contributed by atoms with E-state index in [1.165, 1.54) is 0 Å². The van der Waals surface area contributed by atoms with Gasteiger partial charge in [-0.2, -0.15) is 5.10 Å². The first-order valence-corrected chi connectivity index (χ1v) is 5.90. The fourth-order valence-corrected chi connectivity index (χ4v) is 1.60. The minimum Gasteiger partial charge on any atom is -0.392 e. The van der Waals surface area contributed by atoms with Crippen molar-refractivity contribution in [3.05, 3.63) is 47.7 Å². The first-order chi connectivity index (χ1) is 9.19. The number of rotatable bonds is 4. The summed E-state index contributed by atoms with van der Waals surface area (Å²) in [5.41, 5.74) is 1.82. The number of carbonyl (C=O) groups is 1. The lowest BCUT2D eigenvalue weighted by Gasteiger charge is -2.08. The molecule has 6 heteroatoms. The molecule has 0 unspecified atom stereocenters. The second-order valence-corrected chi connectivity index (χ2v) is 4.12. The van der Waals surface area contributed by atoms with Crippen LogP contribution in [-0.2, 0) is 20.2 Å². The highest BCUT2D eigenvalue weighted by Crippen LogP contribution is 2.05. The lowest BCUT2D eigenvalue weighted by molar-refractivity contribution is 0.251. The Morgan fingerprint density at radius 3 is 2.53 bits per heavy atom. The molecule has 0 bridgehead atoms. The molecule has 0 atom stereocenters. The summed E-state index contributed by atoms with van der Waals surface area (Å²) in [6.45, 7) is 0.448. The highest BCUT2D eigenvalue weighted by atomic mass is 16.3. The van der Waals surface area contributed by atoms with Crippen molar-refractivity contribution >= 4 is 11.8 Å². The summed E-state index contributed by atoms with van der Waals surface area (Å²) in [4.78, 5) is 11.7. The monoisotopic (exact) mass is 260 g/mol. The molecule has 2 amide bonds. The minimum atomic E-state index is -0.283. The van der Waals surface area contributed by atoms with Crippen molar-refractivity contribution in [3.63, 3.8) is 0 Å². The van der Waals surface area contributed by atoms with Gasteiger partial charge in [0.05, 0.1) is 12.8 Å². The standard InChI is InChI=1S/C13H16N4O2/c1-17-12(6-7-15-17)16-13(19)14-8-10-2-4-11(9-18)5-3-10/h2-7,18H,8-9H2,1H3,(H2,14,16,19). The zero-order chi connectivity index (χ0) is 13.7. The smallest absolute Gasteiger partial charge is 0.320 e. The van der Waals surface area contributed by atoms with Crippen LogP contribution in [0.5, 0.6) is 0 Å². The van der Waals surface area contributed by atoms with Crippen LogP contribution in [0.1, 0.15) is 11.1 Å². The maximum atomic E-state index is 11.7. The molecular formula is C13H16N4O2. The van der Waals surface area contributed by atoms with Crippen LogP contribution < -0.4 is 10.6 Å². The molecule has 0 fully saturated rings. The summed E-state index contributed by atoms with van der Waals surface area (Å²) in [7, 11) is 1.75. The largest absolute Gasteiger partial charge is 0.392 e. The molecule has 0 saturated carbocycles. The van der Waals surface area contributed by atoms with E-state index in [-0.39, 0.29) is 12.6 Å². The van der Waals surface area contributed by atoms with Gasteiger partial charge in [-0.25, -0.2) is 4.79 Å². The lowest BCUT2D eigenvalue weighted by Crippen LogP contribution is -2.29. The van der Waals surface area contributed by atoms with Gasteiger partial charge in [0.1, 0.15) is 5.82 Å². The molecule has 0 aliphatic rings. The van der Waals surface area contributed by atoms with Crippen molar-refractivity contribution in [2.24, 2.45) is 7.05 Å². The highest BCUT2D eigenvalue weighted by molar-refractivity contribution is 5.88. The van der Waals surface area contributed by atoms with Crippen molar-refractivity contribution in [2.45, 2.75) is 13.2 Å². The van der Waals surface area contributed by atoms with Crippen molar-refractivity contribution < 1.29 is 9.90 Å². The van der Waals surface area contributed by atoms with Crippen molar-refractivity contribution in [1.29, 1.82) is 0 Å². The van der Waals surface area contributed by atoms with Crippen LogP contribution in [0.3, 0.4) is 0 Å². The van der Waals surface area contributed by atoms with Crippen molar-refractivity contribution in [3.8, 4) is 0 Å². The Balaban J connectivity index is 1.84. The number of carbonyl (C=O) groups excluding carboxylic acids is 1. The summed E-state index contributed by atoms with van der Waals surface area (Å²) < 4.78 is 1.58. The zero-order valence-corrected chi connectivity index (χ0v) is 10.6. The molecular weight excluding hydrogens is 244 g/mol. The number of urea groups is 1. The van der Waals surface area contributed by atoms with E-state index in [1.54, 1.807) is 24.0 Å². The maximum Gasteiger partial charge on any atom is 0.320 e. The van der Waals surface area contributed by atoms with E-state index in [0.29, 0.717) is 12.4 Å². The second kappa shape index (κ2) is 6.01. The number of anilines is 1. The quantitative estimate of drug-likeness (QED) is 0.773. The molecule has 0 radical (unpaired) electrons. The van der Waals surface area contributed by atoms with Crippen LogP contribution in [-0.4, -0.2) is 20.9 Å². The number of nitrogens with zero attached hydrogens (tertiary/aromatic N) is 2. The summed E-state index contributed by atoms with van der Waals surface area (Å²) in [6.07, 6.45) is 1.61. The van der Waals surface area contributed by atoms with Gasteiger partial charge >= 0.3 is 6.03 Å². The number of aliphatic hydroxyl groups excluding tert-OH is 1. The summed E-state index contributed by atoms with van der Waals surface area (Å²) in [5, 5.41) is 18.3. The SMILES string of the molecule is Cn1nccc1NC(=O)NCc1ccc(CO)cc1. The van der Waals surface area contributed by atoms with E-state index in [1.807, 2.05) is 24.3 Å². The minimum absolute atomic E-state index is 0.0225. The van der Waals surface area contributed by atoms with Gasteiger partial charge in [0.2, 0.25) is 0 Å². The van der Waals surface area contributed by atoms with Gasteiger partial charge in [0.15, 0.2) is 0 Å². The summed E-state index contributed by atoms with van der Waals surface area (Å²) in [5.74, 6) is 0.633. The van der Waals surface area contributed by atoms with E-state index >= 15 is 0 Å². The normalized spacial score (nSPS) is 10.2. The van der Waals surface area contributed by atoms with Crippen LogP contribution in [0.15, 0.2) is 36.5 Å². The Labute approximate surface area is 111 Å². The zero-order valence-electron chi connectivity index (χ0n) is 10.6. The molecule has 3 N–H and O–H groups in total. The van der Waals surface area contributed by atoms with Crippen LogP contribution in [0.25, 0.3) is 0 Å². The van der Waals surface area contributed by atoms with Gasteiger partial charge in [0.25, 0.3) is 0 Å². The molecule has 2 aromatic rings. The Bertz CT molecular complexity index is 548. The number of nitrogens with one attached hydrogen (secondary N) is 2. The number of hydrogen-bond donors (Lipinski definition) is 3. The topological polar surface area (TPSA) is 79.2 Å². The summed E-state index contributed by atoms with van der Waals surface area (Å²) >= 11 is 0. The third kappa shape index (κ3) is 3.56. The van der Waals surface area contributed by atoms with Crippen molar-refractivity contribution in [1.82, 2.24) is 15.1 Å². The fraction of sp³-hybridized carbons (Fsp3) is 0.231. The molecule has 0 saturated heterocycles. The Morgan fingerprint density at radius 2 is 1.95 bits per heavy atom. The maximum absolute atomic E-state index is 11.7. The predicted octanol–water partition coefficient (Wildman–Crippen LogP) is 1.23. The predicted molar refractivity (Wildman–Crippen MR) is 71.4 cm³/mol. The average molecular weight is 260 g/mol. The molecule has 100 valence electrons. The first kappa shape index (κ1) is 13.1. The number of benzene rings is 1. The molecule has 0 aliphatic carbocycles. The van der Waals surface area contributed by atoms with Crippen molar-refractivity contribution in [2.75, 3.05) is 5.32 Å². The third-order valence-electron chi connectivity index (χ3n) is 2.72. The van der Waals surface area contributed by atoms with Crippen LogP contribution in [0.4, 0.5) is 10.6 Å².